The minimum atomic E-state index is -0.800. The van der Waals surface area contributed by atoms with Crippen molar-refractivity contribution in [3.05, 3.63) is 54.6 Å². The molecule has 1 aliphatic heterocycles. The van der Waals surface area contributed by atoms with Gasteiger partial charge in [0.1, 0.15) is 17.4 Å². The summed E-state index contributed by atoms with van der Waals surface area (Å²) >= 11 is 0. The number of ether oxygens (including phenoxy) is 1. The van der Waals surface area contributed by atoms with Crippen LogP contribution in [0.1, 0.15) is 20.3 Å². The van der Waals surface area contributed by atoms with E-state index in [1.165, 1.54) is 6.20 Å². The number of nitrogens with one attached hydrogen (secondary N) is 3. The SMILES string of the molecule is COc1cncc2nc(-c3ccnc(Nc4nc(F)ccc4F)c3)nc(N[C@H]3CCNCC3(C)C)c12. The molecule has 0 bridgehead atoms. The molecule has 0 aromatic carbocycles. The van der Waals surface area contributed by atoms with Gasteiger partial charge in [-0.3, -0.25) is 4.98 Å². The first-order valence-electron chi connectivity index (χ1n) is 11.6. The lowest BCUT2D eigenvalue weighted by Crippen LogP contribution is -2.49. The van der Waals surface area contributed by atoms with Gasteiger partial charge in [0.05, 0.1) is 30.4 Å². The highest BCUT2D eigenvalue weighted by Gasteiger charge is 2.33. The summed E-state index contributed by atoms with van der Waals surface area (Å²) in [5.41, 5.74) is 1.23. The first kappa shape index (κ1) is 23.7. The van der Waals surface area contributed by atoms with Gasteiger partial charge >= 0.3 is 0 Å². The van der Waals surface area contributed by atoms with E-state index in [0.29, 0.717) is 28.5 Å². The highest BCUT2D eigenvalue weighted by Crippen LogP contribution is 2.35. The fraction of sp³-hybridized carbons (Fsp3) is 0.320. The smallest absolute Gasteiger partial charge is 0.214 e. The van der Waals surface area contributed by atoms with E-state index in [0.717, 1.165) is 37.0 Å². The summed E-state index contributed by atoms with van der Waals surface area (Å²) in [5.74, 6) is 0.140. The number of nitrogens with zero attached hydrogens (tertiary/aromatic N) is 5. The summed E-state index contributed by atoms with van der Waals surface area (Å²) in [7, 11) is 1.59. The molecule has 4 aromatic rings. The van der Waals surface area contributed by atoms with Gasteiger partial charge in [0, 0.05) is 24.3 Å². The third kappa shape index (κ3) is 4.74. The highest BCUT2D eigenvalue weighted by molar-refractivity contribution is 5.95. The zero-order valence-corrected chi connectivity index (χ0v) is 20.1. The zero-order chi connectivity index (χ0) is 25.3. The van der Waals surface area contributed by atoms with Crippen LogP contribution in [0.5, 0.6) is 5.75 Å². The van der Waals surface area contributed by atoms with Crippen molar-refractivity contribution in [1.29, 1.82) is 0 Å². The largest absolute Gasteiger partial charge is 0.494 e. The van der Waals surface area contributed by atoms with Crippen molar-refractivity contribution in [3.8, 4) is 17.1 Å². The lowest BCUT2D eigenvalue weighted by atomic mass is 9.80. The number of pyridine rings is 3. The lowest BCUT2D eigenvalue weighted by Gasteiger charge is -2.40. The molecule has 186 valence electrons. The summed E-state index contributed by atoms with van der Waals surface area (Å²) in [6, 6.07) is 5.52. The predicted molar refractivity (Wildman–Crippen MR) is 133 cm³/mol. The standard InChI is InChI=1S/C25H26F2N8O/c1-25(2)13-28-8-7-18(25)32-24-21-16(11-29-12-17(21)36-3)31-22(35-24)14-6-9-30-20(10-14)34-23-15(26)4-5-19(27)33-23/h4-6,9-12,18,28H,7-8,13H2,1-3H3,(H,30,33,34)(H,31,32,35)/t18-/m0/s1. The Kier molecular flexibility index (Phi) is 6.31. The summed E-state index contributed by atoms with van der Waals surface area (Å²) in [5, 5.41) is 10.5. The predicted octanol–water partition coefficient (Wildman–Crippen LogP) is 4.31. The summed E-state index contributed by atoms with van der Waals surface area (Å²) in [6.07, 6.45) is 5.76. The molecule has 0 spiro atoms. The van der Waals surface area contributed by atoms with Gasteiger partial charge in [0.2, 0.25) is 5.95 Å². The van der Waals surface area contributed by atoms with E-state index < -0.39 is 11.8 Å². The van der Waals surface area contributed by atoms with E-state index in [1.54, 1.807) is 31.6 Å². The molecule has 0 radical (unpaired) electrons. The van der Waals surface area contributed by atoms with Gasteiger partial charge in [0.25, 0.3) is 0 Å². The van der Waals surface area contributed by atoms with E-state index in [1.807, 2.05) is 0 Å². The normalized spacial score (nSPS) is 17.1. The molecule has 1 aliphatic rings. The number of halogens is 2. The summed E-state index contributed by atoms with van der Waals surface area (Å²) in [4.78, 5) is 21.6. The third-order valence-corrected chi connectivity index (χ3v) is 6.31. The van der Waals surface area contributed by atoms with Crippen LogP contribution in [0.25, 0.3) is 22.3 Å². The number of fused-ring (bicyclic) bond motifs is 1. The number of aromatic nitrogens is 5. The Hall–Kier alpha value is -3.99. The zero-order valence-electron chi connectivity index (χ0n) is 20.1. The molecule has 1 saturated heterocycles. The molecular weight excluding hydrogens is 466 g/mol. The highest BCUT2D eigenvalue weighted by atomic mass is 19.1. The number of anilines is 3. The molecule has 5 heterocycles. The van der Waals surface area contributed by atoms with Crippen molar-refractivity contribution in [3.63, 3.8) is 0 Å². The maximum atomic E-state index is 14.1. The van der Waals surface area contributed by atoms with Crippen LogP contribution in [0.3, 0.4) is 0 Å². The van der Waals surface area contributed by atoms with Crippen molar-refractivity contribution in [1.82, 2.24) is 30.2 Å². The van der Waals surface area contributed by atoms with E-state index in [4.69, 9.17) is 14.7 Å². The molecule has 1 fully saturated rings. The van der Waals surface area contributed by atoms with Gasteiger partial charge in [0.15, 0.2) is 17.5 Å². The van der Waals surface area contributed by atoms with Gasteiger partial charge in [-0.2, -0.15) is 9.37 Å². The molecule has 0 unspecified atom stereocenters. The average molecular weight is 493 g/mol. The quantitative estimate of drug-likeness (QED) is 0.339. The Labute approximate surface area is 206 Å². The molecule has 1 atom stereocenters. The minimum Gasteiger partial charge on any atom is -0.494 e. The summed E-state index contributed by atoms with van der Waals surface area (Å²) < 4.78 is 33.2. The molecule has 5 rings (SSSR count). The molecule has 0 amide bonds. The number of hydrogen-bond acceptors (Lipinski definition) is 9. The monoisotopic (exact) mass is 492 g/mol. The van der Waals surface area contributed by atoms with Crippen molar-refractivity contribution in [2.45, 2.75) is 26.3 Å². The Balaban J connectivity index is 1.56. The van der Waals surface area contributed by atoms with E-state index in [2.05, 4.69) is 44.7 Å². The van der Waals surface area contributed by atoms with Gasteiger partial charge in [-0.15, -0.1) is 0 Å². The Morgan fingerprint density at radius 3 is 2.75 bits per heavy atom. The van der Waals surface area contributed by atoms with Gasteiger partial charge in [-0.05, 0) is 42.6 Å². The van der Waals surface area contributed by atoms with E-state index in [9.17, 15) is 8.78 Å². The van der Waals surface area contributed by atoms with Crippen LogP contribution in [0, 0.1) is 17.2 Å². The van der Waals surface area contributed by atoms with Crippen molar-refractivity contribution < 1.29 is 13.5 Å². The van der Waals surface area contributed by atoms with Crippen LogP contribution in [-0.4, -0.2) is 51.2 Å². The van der Waals surface area contributed by atoms with Gasteiger partial charge in [-0.25, -0.2) is 19.3 Å². The van der Waals surface area contributed by atoms with Crippen LogP contribution >= 0.6 is 0 Å². The maximum Gasteiger partial charge on any atom is 0.214 e. The third-order valence-electron chi connectivity index (χ3n) is 6.31. The number of rotatable bonds is 6. The first-order chi connectivity index (χ1) is 17.3. The molecule has 11 heteroatoms. The van der Waals surface area contributed by atoms with Crippen LogP contribution in [0.15, 0.2) is 42.9 Å². The molecular formula is C25H26F2N8O. The second-order valence-electron chi connectivity index (χ2n) is 9.30. The molecule has 36 heavy (non-hydrogen) atoms. The van der Waals surface area contributed by atoms with Gasteiger partial charge < -0.3 is 20.7 Å². The molecule has 4 aromatic heterocycles. The van der Waals surface area contributed by atoms with Crippen LogP contribution in [-0.2, 0) is 0 Å². The van der Waals surface area contributed by atoms with Crippen LogP contribution in [0.4, 0.5) is 26.2 Å². The maximum absolute atomic E-state index is 14.1. The fourth-order valence-electron chi connectivity index (χ4n) is 4.31. The molecule has 3 N–H and O–H groups in total. The van der Waals surface area contributed by atoms with E-state index >= 15 is 0 Å². The van der Waals surface area contributed by atoms with Gasteiger partial charge in [-0.1, -0.05) is 13.8 Å². The van der Waals surface area contributed by atoms with Crippen molar-refractivity contribution >= 4 is 28.4 Å². The second kappa shape index (κ2) is 9.57. The Morgan fingerprint density at radius 1 is 1.08 bits per heavy atom. The molecule has 0 aliphatic carbocycles. The number of methoxy groups -OCH3 is 1. The fourth-order valence-corrected chi connectivity index (χ4v) is 4.31. The average Bonchev–Trinajstić information content (AvgIpc) is 2.87. The Morgan fingerprint density at radius 2 is 1.94 bits per heavy atom. The van der Waals surface area contributed by atoms with Crippen molar-refractivity contribution in [2.24, 2.45) is 5.41 Å². The van der Waals surface area contributed by atoms with E-state index in [-0.39, 0.29) is 23.1 Å². The second-order valence-corrected chi connectivity index (χ2v) is 9.30. The lowest BCUT2D eigenvalue weighted by molar-refractivity contribution is 0.236. The number of hydrogen-bond donors (Lipinski definition) is 3. The summed E-state index contributed by atoms with van der Waals surface area (Å²) in [6.45, 7) is 6.20. The Bertz CT molecular complexity index is 1410. The molecule has 0 saturated carbocycles. The number of piperidine rings is 1. The van der Waals surface area contributed by atoms with Crippen LogP contribution in [0.2, 0.25) is 0 Å². The van der Waals surface area contributed by atoms with Crippen LogP contribution < -0.4 is 20.7 Å². The minimum absolute atomic E-state index is 0.00820. The molecule has 9 nitrogen and oxygen atoms in total. The van der Waals surface area contributed by atoms with Crippen molar-refractivity contribution in [2.75, 3.05) is 30.8 Å². The first-order valence-corrected chi connectivity index (χ1v) is 11.6. The topological polar surface area (TPSA) is 110 Å².